The van der Waals surface area contributed by atoms with E-state index in [0.717, 1.165) is 53.9 Å². The highest BCUT2D eigenvalue weighted by Crippen LogP contribution is 2.62. The van der Waals surface area contributed by atoms with E-state index in [9.17, 15) is 15.0 Å². The molecule has 2 heterocycles. The summed E-state index contributed by atoms with van der Waals surface area (Å²) in [4.78, 5) is 23.3. The minimum atomic E-state index is -1.46. The maximum atomic E-state index is 14.6. The maximum absolute atomic E-state index is 14.6. The van der Waals surface area contributed by atoms with Gasteiger partial charge in [-0.2, -0.15) is 0 Å². The zero-order valence-electron chi connectivity index (χ0n) is 35.5. The van der Waals surface area contributed by atoms with Crippen molar-refractivity contribution in [2.24, 2.45) is 22.9 Å². The van der Waals surface area contributed by atoms with Crippen LogP contribution in [0.25, 0.3) is 0 Å². The van der Waals surface area contributed by atoms with Crippen LogP contribution in [0.3, 0.4) is 0 Å². The van der Waals surface area contributed by atoms with Crippen molar-refractivity contribution in [3.05, 3.63) is 102 Å². The lowest BCUT2D eigenvalue weighted by Crippen LogP contribution is -2.70. The summed E-state index contributed by atoms with van der Waals surface area (Å²) in [7, 11) is 0. The molecular weight excluding hydrogens is 832 g/mol. The Morgan fingerprint density at radius 1 is 1.00 bits per heavy atom. The van der Waals surface area contributed by atoms with Gasteiger partial charge in [0.05, 0.1) is 30.7 Å². The standard InChI is InChI=1S/C48H59ClN2O10S/c1-3-23-59-48-44(51(47(54)56-24-20-49)31-33-16-18-42-43(27-33)58-32-57-42)30-40(50-60-4-2)38-28-34(12-8-10-21-52)37(15-9-11-22-53)45(46(38)48)39-29-35(17-19-41(39)61-48)55-25-26-62-36-13-6-5-7-14-36/h3,5-7,13-14,16-19,27-29,34,37,44-46,52-53H,1,4,8-12,15,20-26,30-32H2,2H3/t34-,37+,44-,45+,46+,48+/m0/s1. The number of aliphatic hydroxyl groups is 2. The first-order valence-corrected chi connectivity index (χ1v) is 23.4. The van der Waals surface area contributed by atoms with Crippen LogP contribution in [0.2, 0.25) is 0 Å². The van der Waals surface area contributed by atoms with Gasteiger partial charge in [-0.15, -0.1) is 29.9 Å². The topological polar surface area (TPSA) is 138 Å². The third kappa shape index (κ3) is 10.3. The van der Waals surface area contributed by atoms with Gasteiger partial charge in [0.2, 0.25) is 12.6 Å². The predicted octanol–water partition coefficient (Wildman–Crippen LogP) is 9.12. The van der Waals surface area contributed by atoms with Gasteiger partial charge in [-0.1, -0.05) is 54.4 Å². The number of rotatable bonds is 23. The average Bonchev–Trinajstić information content (AvgIpc) is 3.77. The lowest BCUT2D eigenvalue weighted by molar-refractivity contribution is -0.256. The van der Waals surface area contributed by atoms with Gasteiger partial charge >= 0.3 is 6.09 Å². The smallest absolute Gasteiger partial charge is 0.410 e. The second kappa shape index (κ2) is 22.3. The number of hydrogen-bond donors (Lipinski definition) is 2. The zero-order valence-corrected chi connectivity index (χ0v) is 37.0. The van der Waals surface area contributed by atoms with Crippen molar-refractivity contribution < 1.29 is 48.3 Å². The molecule has 1 fully saturated rings. The quantitative estimate of drug-likeness (QED) is 0.0310. The van der Waals surface area contributed by atoms with E-state index in [4.69, 9.17) is 50.0 Å². The van der Waals surface area contributed by atoms with Crippen LogP contribution in [-0.4, -0.2) is 96.8 Å². The van der Waals surface area contributed by atoms with E-state index >= 15 is 0 Å². The SMILES string of the molecule is C=CCO[C@@]12Oc3ccc(OCCSc4ccccc4)cc3[C@H]3[C@H](CCCCO)[C@@H](CCCCO)C=C(C(=NOCC)C[C@@H]1N(Cc1ccc4c(c1)OCO4)C(=O)OCCCl)[C@H]32. The van der Waals surface area contributed by atoms with Crippen LogP contribution in [0, 0.1) is 17.8 Å². The minimum Gasteiger partial charge on any atom is -0.493 e. The van der Waals surface area contributed by atoms with Gasteiger partial charge in [0, 0.05) is 48.3 Å². The van der Waals surface area contributed by atoms with Gasteiger partial charge in [-0.25, -0.2) is 4.79 Å². The normalized spacial score (nSPS) is 23.7. The number of aliphatic hydroxyl groups excluding tert-OH is 2. The molecular formula is C48H59ClN2O10S. The third-order valence-corrected chi connectivity index (χ3v) is 13.1. The molecule has 334 valence electrons. The number of unbranched alkanes of at least 4 members (excludes halogenated alkanes) is 2. The fourth-order valence-corrected chi connectivity index (χ4v) is 10.3. The lowest BCUT2D eigenvalue weighted by Gasteiger charge is -2.59. The molecule has 1 amide bonds. The summed E-state index contributed by atoms with van der Waals surface area (Å²) < 4.78 is 38.1. The van der Waals surface area contributed by atoms with Crippen molar-refractivity contribution in [3.63, 3.8) is 0 Å². The van der Waals surface area contributed by atoms with Crippen LogP contribution in [-0.2, 0) is 20.9 Å². The molecule has 0 spiro atoms. The molecule has 2 aliphatic heterocycles. The zero-order chi connectivity index (χ0) is 43.3. The number of alkyl halides is 1. The van der Waals surface area contributed by atoms with E-state index in [-0.39, 0.29) is 69.8 Å². The molecule has 4 aliphatic rings. The number of benzene rings is 3. The molecule has 0 saturated heterocycles. The molecule has 62 heavy (non-hydrogen) atoms. The Morgan fingerprint density at radius 3 is 2.56 bits per heavy atom. The molecule has 6 atom stereocenters. The fourth-order valence-electron chi connectivity index (χ4n) is 9.46. The van der Waals surface area contributed by atoms with Gasteiger partial charge in [0.25, 0.3) is 0 Å². The Hall–Kier alpha value is -4.40. The Morgan fingerprint density at radius 2 is 1.79 bits per heavy atom. The van der Waals surface area contributed by atoms with Crippen molar-refractivity contribution in [3.8, 4) is 23.0 Å². The summed E-state index contributed by atoms with van der Waals surface area (Å²) in [6.45, 7) is 7.34. The highest BCUT2D eigenvalue weighted by atomic mass is 35.5. The highest BCUT2D eigenvalue weighted by Gasteiger charge is 2.65. The molecule has 14 heteroatoms. The summed E-state index contributed by atoms with van der Waals surface area (Å²) in [6, 6.07) is 21.1. The fraction of sp³-hybridized carbons (Fsp3) is 0.500. The van der Waals surface area contributed by atoms with Crippen LogP contribution in [0.5, 0.6) is 23.0 Å². The number of halogens is 1. The number of fused-ring (bicyclic) bond motifs is 3. The van der Waals surface area contributed by atoms with E-state index in [0.29, 0.717) is 49.0 Å². The van der Waals surface area contributed by atoms with E-state index in [1.54, 1.807) is 22.7 Å². The van der Waals surface area contributed by atoms with Gasteiger partial charge in [-0.05, 0) is 98.0 Å². The van der Waals surface area contributed by atoms with Gasteiger partial charge < -0.3 is 43.5 Å². The highest BCUT2D eigenvalue weighted by molar-refractivity contribution is 7.99. The summed E-state index contributed by atoms with van der Waals surface area (Å²) in [6.07, 6.45) is 8.29. The van der Waals surface area contributed by atoms with Crippen molar-refractivity contribution >= 4 is 35.2 Å². The van der Waals surface area contributed by atoms with E-state index in [1.807, 2.05) is 55.5 Å². The largest absolute Gasteiger partial charge is 0.493 e. The summed E-state index contributed by atoms with van der Waals surface area (Å²) >= 11 is 7.85. The Kier molecular flexibility index (Phi) is 16.4. The van der Waals surface area contributed by atoms with Gasteiger partial charge in [0.1, 0.15) is 30.8 Å². The molecule has 2 aliphatic carbocycles. The van der Waals surface area contributed by atoms with Crippen molar-refractivity contribution in [2.45, 2.75) is 81.1 Å². The molecule has 3 aromatic rings. The molecule has 0 radical (unpaired) electrons. The molecule has 12 nitrogen and oxygen atoms in total. The number of hydrogen-bond acceptors (Lipinski definition) is 12. The second-order valence-corrected chi connectivity index (χ2v) is 17.4. The molecule has 1 saturated carbocycles. The first-order chi connectivity index (χ1) is 30.4. The summed E-state index contributed by atoms with van der Waals surface area (Å²) in [5, 5.41) is 24.7. The number of carbonyl (C=O) groups is 1. The van der Waals surface area contributed by atoms with Crippen LogP contribution in [0.1, 0.15) is 68.9 Å². The van der Waals surface area contributed by atoms with E-state index in [1.165, 1.54) is 4.90 Å². The van der Waals surface area contributed by atoms with Crippen LogP contribution >= 0.6 is 23.4 Å². The Labute approximate surface area is 374 Å². The van der Waals surface area contributed by atoms with Gasteiger partial charge in [0.15, 0.2) is 11.5 Å². The van der Waals surface area contributed by atoms with Gasteiger partial charge in [-0.3, -0.25) is 4.90 Å². The minimum absolute atomic E-state index is 0.00113. The van der Waals surface area contributed by atoms with Crippen molar-refractivity contribution in [1.29, 1.82) is 0 Å². The molecule has 0 unspecified atom stereocenters. The number of carbonyl (C=O) groups excluding carboxylic acids is 1. The Balaban J connectivity index is 1.38. The number of amides is 1. The molecule has 3 aromatic carbocycles. The van der Waals surface area contributed by atoms with E-state index < -0.39 is 23.8 Å². The molecule has 7 rings (SSSR count). The summed E-state index contributed by atoms with van der Waals surface area (Å²) in [5.41, 5.74) is 3.42. The third-order valence-electron chi connectivity index (χ3n) is 12.0. The predicted molar refractivity (Wildman–Crippen MR) is 239 cm³/mol. The average molecular weight is 892 g/mol. The van der Waals surface area contributed by atoms with Crippen molar-refractivity contribution in [2.75, 3.05) is 58.1 Å². The molecule has 0 bridgehead atoms. The van der Waals surface area contributed by atoms with Crippen LogP contribution in [0.15, 0.2) is 101 Å². The Bertz CT molecular complexity index is 2020. The second-order valence-electron chi connectivity index (χ2n) is 15.8. The number of allylic oxidation sites excluding steroid dienone is 1. The monoisotopic (exact) mass is 890 g/mol. The number of ether oxygens (including phenoxy) is 6. The van der Waals surface area contributed by atoms with Crippen LogP contribution in [0.4, 0.5) is 4.79 Å². The molecule has 0 aromatic heterocycles. The van der Waals surface area contributed by atoms with E-state index in [2.05, 4.69) is 30.9 Å². The first-order valence-electron chi connectivity index (χ1n) is 21.8. The number of thioether (sulfide) groups is 1. The number of nitrogens with zero attached hydrogens (tertiary/aromatic N) is 2. The summed E-state index contributed by atoms with van der Waals surface area (Å²) in [5.74, 6) is 1.48. The lowest BCUT2D eigenvalue weighted by atomic mass is 9.55. The molecule has 2 N–H and O–H groups in total. The maximum Gasteiger partial charge on any atom is 0.410 e. The van der Waals surface area contributed by atoms with Crippen LogP contribution < -0.4 is 18.9 Å². The first kappa shape index (κ1) is 45.6. The van der Waals surface area contributed by atoms with Crippen molar-refractivity contribution in [1.82, 2.24) is 4.90 Å². The number of oxime groups is 1.